The molecule has 2 N–H and O–H groups in total. The summed E-state index contributed by atoms with van der Waals surface area (Å²) in [5, 5.41) is 6.21. The molecule has 2 amide bonds. The highest BCUT2D eigenvalue weighted by molar-refractivity contribution is 5.95. The Morgan fingerprint density at radius 2 is 1.58 bits per heavy atom. The maximum atomic E-state index is 12.7. The molecule has 2 aromatic rings. The van der Waals surface area contributed by atoms with Gasteiger partial charge in [0.05, 0.1) is 5.54 Å². The molecule has 0 atom stereocenters. The number of nitrogens with one attached hydrogen (secondary N) is 2. The molecule has 1 saturated carbocycles. The van der Waals surface area contributed by atoms with Crippen molar-refractivity contribution in [1.82, 2.24) is 10.6 Å². The van der Waals surface area contributed by atoms with Crippen LogP contribution in [0, 0.1) is 13.8 Å². The van der Waals surface area contributed by atoms with Crippen LogP contribution in [0.2, 0.25) is 0 Å². The zero-order valence-electron chi connectivity index (χ0n) is 15.5. The van der Waals surface area contributed by atoms with Gasteiger partial charge in [-0.05, 0) is 51.0 Å². The van der Waals surface area contributed by atoms with Crippen LogP contribution in [-0.4, -0.2) is 23.9 Å². The molecular formula is C22H26N2O2. The molecule has 0 unspecified atom stereocenters. The molecule has 4 nitrogen and oxygen atoms in total. The topological polar surface area (TPSA) is 58.2 Å². The maximum absolute atomic E-state index is 12.7. The van der Waals surface area contributed by atoms with Crippen LogP contribution in [-0.2, 0) is 0 Å². The third-order valence-electron chi connectivity index (χ3n) is 5.12. The summed E-state index contributed by atoms with van der Waals surface area (Å²) in [7, 11) is 0. The first-order valence-electron chi connectivity index (χ1n) is 9.22. The van der Waals surface area contributed by atoms with Crippen molar-refractivity contribution in [2.75, 3.05) is 6.54 Å². The number of hydrogen-bond donors (Lipinski definition) is 2. The lowest BCUT2D eigenvalue weighted by molar-refractivity contribution is 0.0867. The van der Waals surface area contributed by atoms with Crippen molar-refractivity contribution in [1.29, 1.82) is 0 Å². The summed E-state index contributed by atoms with van der Waals surface area (Å²) in [6.45, 7) is 4.43. The molecule has 4 heteroatoms. The van der Waals surface area contributed by atoms with Gasteiger partial charge in [0, 0.05) is 17.7 Å². The molecule has 0 spiro atoms. The van der Waals surface area contributed by atoms with Crippen LogP contribution in [0.25, 0.3) is 0 Å². The smallest absolute Gasteiger partial charge is 0.251 e. The first-order chi connectivity index (χ1) is 12.5. The number of benzene rings is 2. The summed E-state index contributed by atoms with van der Waals surface area (Å²) in [6.07, 6.45) is 3.90. The minimum atomic E-state index is -0.360. The van der Waals surface area contributed by atoms with Gasteiger partial charge in [0.1, 0.15) is 0 Å². The van der Waals surface area contributed by atoms with Gasteiger partial charge in [-0.25, -0.2) is 0 Å². The Morgan fingerprint density at radius 3 is 2.23 bits per heavy atom. The van der Waals surface area contributed by atoms with Crippen LogP contribution < -0.4 is 10.6 Å². The Morgan fingerprint density at radius 1 is 0.885 bits per heavy atom. The lowest BCUT2D eigenvalue weighted by atomic mass is 9.96. The minimum absolute atomic E-state index is 0.0693. The van der Waals surface area contributed by atoms with E-state index in [0.29, 0.717) is 17.7 Å². The Labute approximate surface area is 155 Å². The Balaban J connectivity index is 1.67. The predicted octanol–water partition coefficient (Wildman–Crippen LogP) is 3.78. The van der Waals surface area contributed by atoms with E-state index in [-0.39, 0.29) is 17.4 Å². The molecule has 0 saturated heterocycles. The largest absolute Gasteiger partial charge is 0.350 e. The normalized spacial score (nSPS) is 15.5. The second kappa shape index (κ2) is 7.73. The number of amides is 2. The molecule has 0 radical (unpaired) electrons. The van der Waals surface area contributed by atoms with E-state index in [9.17, 15) is 9.59 Å². The van der Waals surface area contributed by atoms with Gasteiger partial charge in [-0.1, -0.05) is 48.2 Å². The maximum Gasteiger partial charge on any atom is 0.251 e. The molecule has 1 fully saturated rings. The van der Waals surface area contributed by atoms with Crippen molar-refractivity contribution in [3.8, 4) is 0 Å². The highest BCUT2D eigenvalue weighted by atomic mass is 16.2. The average molecular weight is 350 g/mol. The van der Waals surface area contributed by atoms with E-state index in [0.717, 1.165) is 36.8 Å². The highest BCUT2D eigenvalue weighted by Gasteiger charge is 2.36. The lowest BCUT2D eigenvalue weighted by Crippen LogP contribution is -2.53. The monoisotopic (exact) mass is 350 g/mol. The number of carbonyl (C=O) groups is 2. The molecule has 0 bridgehead atoms. The van der Waals surface area contributed by atoms with Gasteiger partial charge >= 0.3 is 0 Å². The van der Waals surface area contributed by atoms with E-state index >= 15 is 0 Å². The molecule has 26 heavy (non-hydrogen) atoms. The van der Waals surface area contributed by atoms with Crippen molar-refractivity contribution >= 4 is 11.8 Å². The van der Waals surface area contributed by atoms with Crippen LogP contribution >= 0.6 is 0 Å². The van der Waals surface area contributed by atoms with Gasteiger partial charge in [0.15, 0.2) is 0 Å². The Kier molecular flexibility index (Phi) is 5.40. The molecule has 0 aliphatic heterocycles. The molecule has 1 aliphatic carbocycles. The number of rotatable bonds is 5. The zero-order valence-corrected chi connectivity index (χ0v) is 15.5. The highest BCUT2D eigenvalue weighted by Crippen LogP contribution is 2.29. The van der Waals surface area contributed by atoms with Gasteiger partial charge < -0.3 is 10.6 Å². The summed E-state index contributed by atoms with van der Waals surface area (Å²) in [6, 6.07) is 15.1. The predicted molar refractivity (Wildman–Crippen MR) is 103 cm³/mol. The second-order valence-corrected chi connectivity index (χ2v) is 7.36. The van der Waals surface area contributed by atoms with Crippen molar-refractivity contribution in [2.45, 2.75) is 45.1 Å². The Bertz CT molecular complexity index is 790. The van der Waals surface area contributed by atoms with Crippen LogP contribution in [0.5, 0.6) is 0 Å². The number of carbonyl (C=O) groups excluding carboxylic acids is 2. The van der Waals surface area contributed by atoms with E-state index in [2.05, 4.69) is 10.6 Å². The third kappa shape index (κ3) is 4.31. The van der Waals surface area contributed by atoms with Gasteiger partial charge in [0.2, 0.25) is 0 Å². The summed E-state index contributed by atoms with van der Waals surface area (Å²) in [5.41, 5.74) is 3.14. The van der Waals surface area contributed by atoms with Crippen LogP contribution in [0.15, 0.2) is 48.5 Å². The number of aryl methyl sites for hydroxylation is 2. The standard InChI is InChI=1S/C22H26N2O2/c1-16-8-10-18(11-9-16)20(25)23-15-22(12-3-4-13-22)24-21(26)19-7-5-6-17(2)14-19/h5-11,14H,3-4,12-13,15H2,1-2H3,(H,23,25)(H,24,26). The first kappa shape index (κ1) is 18.2. The van der Waals surface area contributed by atoms with Gasteiger partial charge in [-0.2, -0.15) is 0 Å². The van der Waals surface area contributed by atoms with E-state index < -0.39 is 0 Å². The molecule has 3 rings (SSSR count). The summed E-state index contributed by atoms with van der Waals surface area (Å²) >= 11 is 0. The van der Waals surface area contributed by atoms with Gasteiger partial charge in [0.25, 0.3) is 11.8 Å². The van der Waals surface area contributed by atoms with Crippen LogP contribution in [0.3, 0.4) is 0 Å². The fourth-order valence-electron chi connectivity index (χ4n) is 3.55. The van der Waals surface area contributed by atoms with Crippen molar-refractivity contribution < 1.29 is 9.59 Å². The van der Waals surface area contributed by atoms with E-state index in [1.54, 1.807) is 0 Å². The number of hydrogen-bond acceptors (Lipinski definition) is 2. The lowest BCUT2D eigenvalue weighted by Gasteiger charge is -2.31. The molecule has 0 heterocycles. The Hall–Kier alpha value is -2.62. The van der Waals surface area contributed by atoms with Crippen molar-refractivity contribution in [2.24, 2.45) is 0 Å². The van der Waals surface area contributed by atoms with E-state index in [4.69, 9.17) is 0 Å². The summed E-state index contributed by atoms with van der Waals surface area (Å²) in [5.74, 6) is -0.165. The molecular weight excluding hydrogens is 324 g/mol. The quantitative estimate of drug-likeness (QED) is 0.862. The SMILES string of the molecule is Cc1ccc(C(=O)NCC2(NC(=O)c3cccc(C)c3)CCCC2)cc1. The average Bonchev–Trinajstić information content (AvgIpc) is 3.09. The minimum Gasteiger partial charge on any atom is -0.350 e. The van der Waals surface area contributed by atoms with Crippen LogP contribution in [0.1, 0.15) is 57.5 Å². The molecule has 1 aliphatic rings. The van der Waals surface area contributed by atoms with Crippen molar-refractivity contribution in [3.63, 3.8) is 0 Å². The van der Waals surface area contributed by atoms with E-state index in [1.165, 1.54) is 0 Å². The third-order valence-corrected chi connectivity index (χ3v) is 5.12. The fraction of sp³-hybridized carbons (Fsp3) is 0.364. The second-order valence-electron chi connectivity index (χ2n) is 7.36. The van der Waals surface area contributed by atoms with Gasteiger partial charge in [-0.3, -0.25) is 9.59 Å². The summed E-state index contributed by atoms with van der Waals surface area (Å²) in [4.78, 5) is 25.1. The van der Waals surface area contributed by atoms with Gasteiger partial charge in [-0.15, -0.1) is 0 Å². The van der Waals surface area contributed by atoms with Crippen molar-refractivity contribution in [3.05, 3.63) is 70.8 Å². The summed E-state index contributed by atoms with van der Waals surface area (Å²) < 4.78 is 0. The first-order valence-corrected chi connectivity index (χ1v) is 9.22. The van der Waals surface area contributed by atoms with E-state index in [1.807, 2.05) is 62.4 Å². The van der Waals surface area contributed by atoms with Crippen LogP contribution in [0.4, 0.5) is 0 Å². The fourth-order valence-corrected chi connectivity index (χ4v) is 3.55. The molecule has 2 aromatic carbocycles. The molecule has 0 aromatic heterocycles. The zero-order chi connectivity index (χ0) is 18.6. The molecule has 136 valence electrons.